The minimum absolute atomic E-state index is 0.00221. The van der Waals surface area contributed by atoms with E-state index in [1.54, 1.807) is 19.2 Å². The lowest BCUT2D eigenvalue weighted by molar-refractivity contribution is -0.120. The maximum atomic E-state index is 13.0. The van der Waals surface area contributed by atoms with Crippen molar-refractivity contribution in [1.29, 1.82) is 0 Å². The molecule has 1 heterocycles. The number of unbranched alkanes of at least 4 members (excludes halogenated alkanes) is 3. The number of nitrogens with one attached hydrogen (secondary N) is 3. The van der Waals surface area contributed by atoms with E-state index in [1.165, 1.54) is 12.1 Å². The number of anilines is 2. The summed E-state index contributed by atoms with van der Waals surface area (Å²) in [6.45, 7) is 3.57. The number of halogens is 2. The smallest absolute Gasteiger partial charge is 0.338 e. The van der Waals surface area contributed by atoms with E-state index >= 15 is 0 Å². The van der Waals surface area contributed by atoms with Crippen molar-refractivity contribution in [2.45, 2.75) is 58.4 Å². The molecule has 0 saturated heterocycles. The summed E-state index contributed by atoms with van der Waals surface area (Å²) in [5, 5.41) is 18.4. The highest BCUT2D eigenvalue weighted by atomic mass is 35.5. The number of nitrogens with zero attached hydrogens (tertiary/aromatic N) is 2. The van der Waals surface area contributed by atoms with Crippen LogP contribution in [0.3, 0.4) is 0 Å². The summed E-state index contributed by atoms with van der Waals surface area (Å²) in [5.74, 6) is -0.897. The zero-order valence-corrected chi connectivity index (χ0v) is 26.4. The van der Waals surface area contributed by atoms with Gasteiger partial charge in [-0.1, -0.05) is 55.1 Å². The number of amides is 2. The maximum absolute atomic E-state index is 13.0. The number of hydrogen-bond donors (Lipinski definition) is 4. The van der Waals surface area contributed by atoms with Gasteiger partial charge in [0.25, 0.3) is 5.91 Å². The second-order valence-electron chi connectivity index (χ2n) is 10.6. The van der Waals surface area contributed by atoms with Gasteiger partial charge < -0.3 is 25.6 Å². The summed E-state index contributed by atoms with van der Waals surface area (Å²) in [6.07, 6.45) is 6.32. The van der Waals surface area contributed by atoms with E-state index in [1.807, 2.05) is 24.3 Å². The normalized spacial score (nSPS) is 11.0. The summed E-state index contributed by atoms with van der Waals surface area (Å²) < 4.78 is 2.23. The number of aromatic nitrogens is 2. The molecule has 0 fully saturated rings. The molecular weight excluding hydrogens is 601 g/mol. The minimum Gasteiger partial charge on any atom is -0.478 e. The molecule has 0 aliphatic carbocycles. The summed E-state index contributed by atoms with van der Waals surface area (Å²) in [5.41, 5.74) is 3.98. The summed E-state index contributed by atoms with van der Waals surface area (Å²) in [4.78, 5) is 41.1. The molecule has 44 heavy (non-hydrogen) atoms. The van der Waals surface area contributed by atoms with Crippen molar-refractivity contribution in [2.24, 2.45) is 0 Å². The van der Waals surface area contributed by atoms with Gasteiger partial charge in [0.2, 0.25) is 5.91 Å². The number of carbonyl (C=O) groups excluding carboxylic acids is 2. The number of aromatic carboxylic acids is 1. The first kappa shape index (κ1) is 32.8. The van der Waals surface area contributed by atoms with Crippen molar-refractivity contribution in [3.05, 3.63) is 87.2 Å². The number of benzene rings is 3. The molecule has 1 aromatic heterocycles. The third kappa shape index (κ3) is 8.30. The standard InChI is InChI=1S/C33H37Cl2N5O4/c1-3-4-8-28-39-26-17-14-23(37-18-7-5-6-9-29(41)36-2)19-27(26)40(28)20-21-10-12-22(13-11-21)38-32(42)30-24(34)15-16-25(35)31(30)33(43)44/h10-17,19,37H,3-9,18,20H2,1-2H3,(H,36,41)(H,38,42)(H,43,44). The van der Waals surface area contributed by atoms with E-state index in [9.17, 15) is 19.5 Å². The van der Waals surface area contributed by atoms with Crippen LogP contribution in [-0.2, 0) is 17.8 Å². The molecule has 0 unspecified atom stereocenters. The van der Waals surface area contributed by atoms with Gasteiger partial charge in [0, 0.05) is 44.4 Å². The molecule has 0 aliphatic heterocycles. The van der Waals surface area contributed by atoms with E-state index in [2.05, 4.69) is 33.5 Å². The van der Waals surface area contributed by atoms with Crippen molar-refractivity contribution < 1.29 is 19.5 Å². The van der Waals surface area contributed by atoms with Gasteiger partial charge in [-0.2, -0.15) is 0 Å². The van der Waals surface area contributed by atoms with Crippen molar-refractivity contribution in [3.8, 4) is 0 Å². The molecule has 0 saturated carbocycles. The predicted molar refractivity (Wildman–Crippen MR) is 176 cm³/mol. The Morgan fingerprint density at radius 1 is 0.886 bits per heavy atom. The van der Waals surface area contributed by atoms with Crippen molar-refractivity contribution in [1.82, 2.24) is 14.9 Å². The van der Waals surface area contributed by atoms with Gasteiger partial charge >= 0.3 is 5.97 Å². The Kier molecular flexibility index (Phi) is 11.6. The van der Waals surface area contributed by atoms with Gasteiger partial charge in [-0.15, -0.1) is 0 Å². The number of carboxylic acids is 1. The number of rotatable bonds is 15. The lowest BCUT2D eigenvalue weighted by atomic mass is 10.1. The highest BCUT2D eigenvalue weighted by Crippen LogP contribution is 2.29. The Morgan fingerprint density at radius 2 is 1.59 bits per heavy atom. The van der Waals surface area contributed by atoms with Gasteiger partial charge in [-0.3, -0.25) is 9.59 Å². The maximum Gasteiger partial charge on any atom is 0.338 e. The molecule has 232 valence electrons. The Labute approximate surface area is 267 Å². The van der Waals surface area contributed by atoms with E-state index < -0.39 is 11.9 Å². The average Bonchev–Trinajstić information content (AvgIpc) is 3.35. The Balaban J connectivity index is 1.48. The molecule has 0 atom stereocenters. The Bertz CT molecular complexity index is 1640. The molecule has 2 amide bonds. The zero-order valence-electron chi connectivity index (χ0n) is 24.9. The van der Waals surface area contributed by atoms with Crippen LogP contribution in [0.1, 0.15) is 77.6 Å². The number of aryl methyl sites for hydroxylation is 1. The van der Waals surface area contributed by atoms with E-state index in [0.717, 1.165) is 73.2 Å². The molecule has 4 N–H and O–H groups in total. The molecule has 0 bridgehead atoms. The van der Waals surface area contributed by atoms with E-state index in [-0.39, 0.29) is 27.1 Å². The van der Waals surface area contributed by atoms with Crippen LogP contribution >= 0.6 is 23.2 Å². The zero-order chi connectivity index (χ0) is 31.6. The van der Waals surface area contributed by atoms with Gasteiger partial charge in [0.15, 0.2) is 0 Å². The summed E-state index contributed by atoms with van der Waals surface area (Å²) in [7, 11) is 1.66. The van der Waals surface area contributed by atoms with Gasteiger partial charge in [-0.25, -0.2) is 9.78 Å². The fourth-order valence-electron chi connectivity index (χ4n) is 4.98. The molecule has 0 radical (unpaired) electrons. The van der Waals surface area contributed by atoms with Crippen LogP contribution in [0.25, 0.3) is 11.0 Å². The van der Waals surface area contributed by atoms with Crippen molar-refractivity contribution in [2.75, 3.05) is 24.2 Å². The van der Waals surface area contributed by atoms with Crippen LogP contribution in [-0.4, -0.2) is 46.0 Å². The van der Waals surface area contributed by atoms with Crippen LogP contribution in [0.4, 0.5) is 11.4 Å². The van der Waals surface area contributed by atoms with Crippen LogP contribution in [0.2, 0.25) is 10.0 Å². The van der Waals surface area contributed by atoms with Crippen molar-refractivity contribution >= 4 is 63.4 Å². The molecule has 9 nitrogen and oxygen atoms in total. The highest BCUT2D eigenvalue weighted by Gasteiger charge is 2.23. The van der Waals surface area contributed by atoms with Crippen molar-refractivity contribution in [3.63, 3.8) is 0 Å². The fraction of sp³-hybridized carbons (Fsp3) is 0.333. The highest BCUT2D eigenvalue weighted by molar-refractivity contribution is 6.39. The van der Waals surface area contributed by atoms with Crippen LogP contribution in [0.5, 0.6) is 0 Å². The largest absolute Gasteiger partial charge is 0.478 e. The monoisotopic (exact) mass is 637 g/mol. The quantitative estimate of drug-likeness (QED) is 0.101. The number of carbonyl (C=O) groups is 3. The van der Waals surface area contributed by atoms with Gasteiger partial charge in [0.05, 0.1) is 32.2 Å². The summed E-state index contributed by atoms with van der Waals surface area (Å²) in [6, 6.07) is 16.4. The minimum atomic E-state index is -1.33. The van der Waals surface area contributed by atoms with E-state index in [4.69, 9.17) is 28.2 Å². The third-order valence-electron chi connectivity index (χ3n) is 7.37. The fourth-order valence-corrected chi connectivity index (χ4v) is 5.46. The Hall–Kier alpha value is -4.08. The number of hydrogen-bond acceptors (Lipinski definition) is 5. The third-order valence-corrected chi connectivity index (χ3v) is 8.00. The topological polar surface area (TPSA) is 125 Å². The number of imidazole rings is 1. The molecular formula is C33H37Cl2N5O4. The Morgan fingerprint density at radius 3 is 2.27 bits per heavy atom. The molecule has 11 heteroatoms. The van der Waals surface area contributed by atoms with Crippen LogP contribution in [0, 0.1) is 0 Å². The summed E-state index contributed by atoms with van der Waals surface area (Å²) >= 11 is 12.2. The first-order valence-electron chi connectivity index (χ1n) is 14.8. The number of carboxylic acid groups (broad SMARTS) is 1. The molecule has 0 spiro atoms. The van der Waals surface area contributed by atoms with Gasteiger partial charge in [-0.05, 0) is 67.3 Å². The first-order valence-corrected chi connectivity index (χ1v) is 15.5. The van der Waals surface area contributed by atoms with Crippen LogP contribution < -0.4 is 16.0 Å². The molecule has 4 rings (SSSR count). The molecule has 4 aromatic rings. The molecule has 3 aromatic carbocycles. The lowest BCUT2D eigenvalue weighted by Gasteiger charge is -2.13. The van der Waals surface area contributed by atoms with Gasteiger partial charge in [0.1, 0.15) is 5.82 Å². The number of fused-ring (bicyclic) bond motifs is 1. The SMILES string of the molecule is CCCCc1nc2ccc(NCCCCCC(=O)NC)cc2n1Cc1ccc(NC(=O)c2c(Cl)ccc(Cl)c2C(=O)O)cc1. The first-order chi connectivity index (χ1) is 21.2. The second kappa shape index (κ2) is 15.6. The lowest BCUT2D eigenvalue weighted by Crippen LogP contribution is -2.17. The van der Waals surface area contributed by atoms with E-state index in [0.29, 0.717) is 18.7 Å². The van der Waals surface area contributed by atoms with Crippen LogP contribution in [0.15, 0.2) is 54.6 Å². The predicted octanol–water partition coefficient (Wildman–Crippen LogP) is 7.40. The average molecular weight is 639 g/mol. The molecule has 0 aliphatic rings. The second-order valence-corrected chi connectivity index (χ2v) is 11.4.